The molecule has 2 aromatic rings. The van der Waals surface area contributed by atoms with Gasteiger partial charge in [-0.25, -0.2) is 13.5 Å². The Bertz CT molecular complexity index is 712. The van der Waals surface area contributed by atoms with Crippen molar-refractivity contribution in [2.75, 3.05) is 7.11 Å². The maximum Gasteiger partial charge on any atom is 0.337 e. The molecule has 0 radical (unpaired) electrons. The lowest BCUT2D eigenvalue weighted by molar-refractivity contribution is 0.0600. The molecule has 1 aromatic heterocycles. The number of nitrogens with zero attached hydrogens (tertiary/aromatic N) is 2. The topological polar surface area (TPSA) is 82.6 Å². The van der Waals surface area contributed by atoms with Crippen molar-refractivity contribution in [2.45, 2.75) is 13.1 Å². The van der Waals surface area contributed by atoms with Crippen LogP contribution in [0.2, 0.25) is 0 Å². The third-order valence-corrected chi connectivity index (χ3v) is 3.79. The second-order valence-corrected chi connectivity index (χ2v) is 5.62. The highest BCUT2D eigenvalue weighted by Crippen LogP contribution is 2.16. The fourth-order valence-corrected chi connectivity index (χ4v) is 2.47. The molecular formula is C15H14FN2O4S-. The minimum Gasteiger partial charge on any atom is -0.760 e. The number of hydrogen-bond acceptors (Lipinski definition) is 5. The van der Waals surface area contributed by atoms with Gasteiger partial charge in [0.25, 0.3) is 0 Å². The van der Waals surface area contributed by atoms with Gasteiger partial charge >= 0.3 is 5.97 Å². The van der Waals surface area contributed by atoms with E-state index in [0.29, 0.717) is 5.56 Å². The molecule has 6 nitrogen and oxygen atoms in total. The summed E-state index contributed by atoms with van der Waals surface area (Å²) in [5, 5.41) is 0. The first kappa shape index (κ1) is 17.2. The van der Waals surface area contributed by atoms with Gasteiger partial charge in [0.2, 0.25) is 0 Å². The summed E-state index contributed by atoms with van der Waals surface area (Å²) in [5.41, 5.74) is 0.907. The second-order valence-electron chi connectivity index (χ2n) is 4.67. The van der Waals surface area contributed by atoms with E-state index >= 15 is 0 Å². The number of ether oxygens (including phenoxy) is 1. The summed E-state index contributed by atoms with van der Waals surface area (Å²) in [5.74, 6) is -1.33. The number of aromatic nitrogens is 1. The summed E-state index contributed by atoms with van der Waals surface area (Å²) in [6.45, 7) is -0.0829. The molecule has 1 heterocycles. The van der Waals surface area contributed by atoms with Crippen LogP contribution in [0.1, 0.15) is 21.5 Å². The Labute approximate surface area is 135 Å². The molecule has 0 N–H and O–H groups in total. The molecule has 0 aliphatic carbocycles. The first-order chi connectivity index (χ1) is 11.0. The fraction of sp³-hybridized carbons (Fsp3) is 0.200. The Morgan fingerprint density at radius 2 is 2.17 bits per heavy atom. The molecule has 0 amide bonds. The summed E-state index contributed by atoms with van der Waals surface area (Å²) < 4.78 is 42.3. The smallest absolute Gasteiger partial charge is 0.337 e. The Morgan fingerprint density at radius 1 is 1.39 bits per heavy atom. The van der Waals surface area contributed by atoms with E-state index in [-0.39, 0.29) is 24.2 Å². The summed E-state index contributed by atoms with van der Waals surface area (Å²) >= 11 is -2.53. The highest BCUT2D eigenvalue weighted by molar-refractivity contribution is 7.76. The van der Waals surface area contributed by atoms with Crippen LogP contribution in [0, 0.1) is 5.82 Å². The number of hydrogen-bond donors (Lipinski definition) is 0. The molecule has 1 unspecified atom stereocenters. The number of carbonyl (C=O) groups is 1. The van der Waals surface area contributed by atoms with Crippen molar-refractivity contribution < 1.29 is 22.7 Å². The molecule has 0 spiro atoms. The van der Waals surface area contributed by atoms with Gasteiger partial charge in [0.1, 0.15) is 5.82 Å². The number of rotatable bonds is 6. The average Bonchev–Trinajstić information content (AvgIpc) is 2.55. The van der Waals surface area contributed by atoms with Crippen LogP contribution in [0.3, 0.4) is 0 Å². The molecule has 0 aliphatic rings. The molecule has 122 valence electrons. The molecule has 0 aliphatic heterocycles. The van der Waals surface area contributed by atoms with Gasteiger partial charge in [-0.05, 0) is 23.8 Å². The molecule has 1 aromatic carbocycles. The van der Waals surface area contributed by atoms with Gasteiger partial charge in [0.15, 0.2) is 0 Å². The van der Waals surface area contributed by atoms with Crippen LogP contribution < -0.4 is 0 Å². The summed E-state index contributed by atoms with van der Waals surface area (Å²) in [6.07, 6.45) is 3.11. The maximum absolute atomic E-state index is 14.1. The van der Waals surface area contributed by atoms with Crippen LogP contribution in [0.25, 0.3) is 0 Å². The predicted molar refractivity (Wildman–Crippen MR) is 80.1 cm³/mol. The van der Waals surface area contributed by atoms with Crippen LogP contribution in [-0.4, -0.2) is 31.1 Å². The molecule has 2 rings (SSSR count). The zero-order valence-electron chi connectivity index (χ0n) is 12.3. The molecule has 23 heavy (non-hydrogen) atoms. The third kappa shape index (κ3) is 4.65. The third-order valence-electron chi connectivity index (χ3n) is 3.11. The van der Waals surface area contributed by atoms with E-state index in [1.54, 1.807) is 18.3 Å². The lowest BCUT2D eigenvalue weighted by atomic mass is 10.1. The monoisotopic (exact) mass is 337 g/mol. The number of carbonyl (C=O) groups excluding carboxylic acids is 1. The number of methoxy groups -OCH3 is 1. The minimum atomic E-state index is -2.53. The molecule has 0 saturated heterocycles. The Balaban J connectivity index is 2.17. The average molecular weight is 337 g/mol. The van der Waals surface area contributed by atoms with E-state index in [0.717, 1.165) is 10.4 Å². The Kier molecular flexibility index (Phi) is 5.91. The van der Waals surface area contributed by atoms with Crippen LogP contribution in [0.5, 0.6) is 0 Å². The number of pyridine rings is 1. The lowest BCUT2D eigenvalue weighted by Gasteiger charge is -2.24. The number of benzene rings is 1. The SMILES string of the molecule is COC(=O)c1ccc(CN(Cc2cccnc2)S(=O)[O-])c(F)c1. The molecule has 0 bridgehead atoms. The Hall–Kier alpha value is -2.16. The summed E-state index contributed by atoms with van der Waals surface area (Å²) in [7, 11) is 1.20. The van der Waals surface area contributed by atoms with Gasteiger partial charge in [-0.3, -0.25) is 9.19 Å². The molecular weight excluding hydrogens is 323 g/mol. The number of esters is 1. The Morgan fingerprint density at radius 3 is 2.74 bits per heavy atom. The predicted octanol–water partition coefficient (Wildman–Crippen LogP) is 1.80. The van der Waals surface area contributed by atoms with Crippen molar-refractivity contribution in [2.24, 2.45) is 0 Å². The van der Waals surface area contributed by atoms with Crippen LogP contribution in [0.15, 0.2) is 42.7 Å². The highest BCUT2D eigenvalue weighted by Gasteiger charge is 2.14. The quantitative estimate of drug-likeness (QED) is 0.593. The normalized spacial score (nSPS) is 12.2. The van der Waals surface area contributed by atoms with Crippen molar-refractivity contribution in [3.8, 4) is 0 Å². The molecule has 0 fully saturated rings. The van der Waals surface area contributed by atoms with Crippen LogP contribution in [0.4, 0.5) is 4.39 Å². The van der Waals surface area contributed by atoms with E-state index < -0.39 is 23.1 Å². The lowest BCUT2D eigenvalue weighted by Crippen LogP contribution is -2.25. The zero-order chi connectivity index (χ0) is 16.8. The van der Waals surface area contributed by atoms with E-state index in [9.17, 15) is 17.9 Å². The van der Waals surface area contributed by atoms with E-state index in [1.165, 1.54) is 25.4 Å². The van der Waals surface area contributed by atoms with Gasteiger partial charge < -0.3 is 9.29 Å². The second kappa shape index (κ2) is 7.91. The first-order valence-corrected chi connectivity index (χ1v) is 7.64. The maximum atomic E-state index is 14.1. The highest BCUT2D eigenvalue weighted by atomic mass is 32.2. The minimum absolute atomic E-state index is 0.0656. The largest absolute Gasteiger partial charge is 0.760 e. The zero-order valence-corrected chi connectivity index (χ0v) is 13.1. The van der Waals surface area contributed by atoms with Gasteiger partial charge in [0.05, 0.1) is 12.7 Å². The van der Waals surface area contributed by atoms with Crippen LogP contribution in [-0.2, 0) is 29.1 Å². The summed E-state index contributed by atoms with van der Waals surface area (Å²) in [6, 6.07) is 7.19. The first-order valence-electron chi connectivity index (χ1n) is 6.61. The standard InChI is InChI=1S/C15H15FN2O4S/c1-22-15(19)12-4-5-13(14(16)7-12)10-18(23(20)21)9-11-3-2-6-17-8-11/h2-8H,9-10H2,1H3,(H,20,21)/p-1. The molecule has 8 heteroatoms. The van der Waals surface area contributed by atoms with Crippen molar-refractivity contribution in [3.63, 3.8) is 0 Å². The van der Waals surface area contributed by atoms with Gasteiger partial charge in [0, 0.05) is 42.3 Å². The van der Waals surface area contributed by atoms with Crippen molar-refractivity contribution in [3.05, 3.63) is 65.2 Å². The van der Waals surface area contributed by atoms with Crippen molar-refractivity contribution >= 4 is 17.2 Å². The van der Waals surface area contributed by atoms with Crippen LogP contribution >= 0.6 is 0 Å². The summed E-state index contributed by atoms with van der Waals surface area (Å²) in [4.78, 5) is 15.3. The van der Waals surface area contributed by atoms with Gasteiger partial charge in [-0.1, -0.05) is 12.1 Å². The molecule has 1 atom stereocenters. The van der Waals surface area contributed by atoms with E-state index in [4.69, 9.17) is 0 Å². The van der Waals surface area contributed by atoms with Gasteiger partial charge in [-0.15, -0.1) is 0 Å². The van der Waals surface area contributed by atoms with E-state index in [2.05, 4.69) is 9.72 Å². The van der Waals surface area contributed by atoms with Crippen molar-refractivity contribution in [1.82, 2.24) is 9.29 Å². The fourth-order valence-electron chi connectivity index (χ4n) is 1.97. The van der Waals surface area contributed by atoms with E-state index in [1.807, 2.05) is 0 Å². The van der Waals surface area contributed by atoms with Gasteiger partial charge in [-0.2, -0.15) is 0 Å². The van der Waals surface area contributed by atoms with Crippen molar-refractivity contribution in [1.29, 1.82) is 0 Å². The molecule has 0 saturated carbocycles. The number of halogens is 1.